The lowest BCUT2D eigenvalue weighted by molar-refractivity contribution is -0.139. The summed E-state index contributed by atoms with van der Waals surface area (Å²) in [5, 5.41) is 0. The molecule has 1 aromatic heterocycles. The zero-order chi connectivity index (χ0) is 18.7. The molecule has 2 aliphatic heterocycles. The molecule has 0 N–H and O–H groups in total. The molecule has 1 unspecified atom stereocenters. The molecule has 1 atom stereocenters. The largest absolute Gasteiger partial charge is 0.458 e. The summed E-state index contributed by atoms with van der Waals surface area (Å²) in [6.45, 7) is 2.06. The van der Waals surface area contributed by atoms with Gasteiger partial charge in [-0.1, -0.05) is 0 Å². The van der Waals surface area contributed by atoms with Crippen LogP contribution in [-0.2, 0) is 14.8 Å². The molecule has 0 aliphatic carbocycles. The van der Waals surface area contributed by atoms with Crippen molar-refractivity contribution < 1.29 is 17.9 Å². The summed E-state index contributed by atoms with van der Waals surface area (Å²) in [4.78, 5) is 22.9. The lowest BCUT2D eigenvalue weighted by Crippen LogP contribution is -2.49. The Balaban J connectivity index is 1.54. The van der Waals surface area contributed by atoms with Crippen LogP contribution in [0, 0.1) is 5.92 Å². The van der Waals surface area contributed by atoms with Crippen LogP contribution >= 0.6 is 15.9 Å². The molecule has 144 valence electrons. The highest BCUT2D eigenvalue weighted by atomic mass is 79.9. The van der Waals surface area contributed by atoms with E-state index < -0.39 is 10.0 Å². The van der Waals surface area contributed by atoms with Gasteiger partial charge in [0.2, 0.25) is 15.9 Å². The Hall–Kier alpha value is -1.26. The quantitative estimate of drug-likeness (QED) is 0.691. The minimum absolute atomic E-state index is 0.100. The molecule has 10 heteroatoms. The maximum absolute atomic E-state index is 12.8. The van der Waals surface area contributed by atoms with Crippen molar-refractivity contribution in [1.82, 2.24) is 19.2 Å². The minimum Gasteiger partial charge on any atom is -0.458 e. The molecule has 1 amide bonds. The Bertz CT molecular complexity index is 735. The number of halogens is 1. The third kappa shape index (κ3) is 4.92. The molecular weight excluding hydrogens is 424 g/mol. The van der Waals surface area contributed by atoms with Gasteiger partial charge in [0.05, 0.1) is 17.3 Å². The normalized spacial score (nSPS) is 23.0. The van der Waals surface area contributed by atoms with Crippen LogP contribution in [0.5, 0.6) is 6.01 Å². The fraction of sp³-hybridized carbons (Fsp3) is 0.688. The molecule has 2 fully saturated rings. The molecule has 26 heavy (non-hydrogen) atoms. The number of hydrogen-bond acceptors (Lipinski definition) is 6. The van der Waals surface area contributed by atoms with Gasteiger partial charge < -0.3 is 9.64 Å². The van der Waals surface area contributed by atoms with Crippen LogP contribution in [0.2, 0.25) is 0 Å². The lowest BCUT2D eigenvalue weighted by atomic mass is 9.95. The average Bonchev–Trinajstić information content (AvgIpc) is 2.63. The second kappa shape index (κ2) is 8.18. The van der Waals surface area contributed by atoms with E-state index >= 15 is 0 Å². The van der Waals surface area contributed by atoms with E-state index in [2.05, 4.69) is 25.9 Å². The molecule has 8 nitrogen and oxygen atoms in total. The van der Waals surface area contributed by atoms with Crippen LogP contribution in [0.1, 0.15) is 25.7 Å². The van der Waals surface area contributed by atoms with Crippen LogP contribution in [0.3, 0.4) is 0 Å². The van der Waals surface area contributed by atoms with Crippen molar-refractivity contribution in [2.75, 3.05) is 32.4 Å². The van der Waals surface area contributed by atoms with Crippen LogP contribution < -0.4 is 4.74 Å². The van der Waals surface area contributed by atoms with Gasteiger partial charge >= 0.3 is 6.01 Å². The number of likely N-dealkylation sites (tertiary alicyclic amines) is 1. The number of sulfonamides is 1. The average molecular weight is 447 g/mol. The van der Waals surface area contributed by atoms with Gasteiger partial charge in [-0.3, -0.25) is 4.79 Å². The summed E-state index contributed by atoms with van der Waals surface area (Å²) in [5.74, 6) is -0.0149. The molecule has 1 aromatic rings. The van der Waals surface area contributed by atoms with Gasteiger partial charge in [-0.05, 0) is 41.6 Å². The monoisotopic (exact) mass is 446 g/mol. The van der Waals surface area contributed by atoms with E-state index in [0.29, 0.717) is 45.0 Å². The molecule has 0 saturated carbocycles. The first-order valence-corrected chi connectivity index (χ1v) is 11.3. The first-order valence-electron chi connectivity index (χ1n) is 8.71. The SMILES string of the molecule is CS(=O)(=O)N1CCC(C(=O)N2CCCC(Oc3ncc(Br)cn3)C2)CC1. The van der Waals surface area contributed by atoms with E-state index in [-0.39, 0.29) is 17.9 Å². The third-order valence-corrected chi connectivity index (χ3v) is 6.54. The number of carbonyl (C=O) groups excluding carboxylic acids is 1. The predicted octanol–water partition coefficient (Wildman–Crippen LogP) is 1.28. The molecular formula is C16H23BrN4O4S. The van der Waals surface area contributed by atoms with Crippen LogP contribution in [-0.4, -0.2) is 72.0 Å². The Morgan fingerprint density at radius 2 is 1.85 bits per heavy atom. The molecule has 2 aliphatic rings. The van der Waals surface area contributed by atoms with Gasteiger partial charge in [-0.2, -0.15) is 0 Å². The van der Waals surface area contributed by atoms with Crippen molar-refractivity contribution in [3.8, 4) is 6.01 Å². The van der Waals surface area contributed by atoms with Crippen LogP contribution in [0.25, 0.3) is 0 Å². The molecule has 0 bridgehead atoms. The number of nitrogens with zero attached hydrogens (tertiary/aromatic N) is 4. The van der Waals surface area contributed by atoms with Gasteiger partial charge in [0.25, 0.3) is 0 Å². The van der Waals surface area contributed by atoms with Crippen molar-refractivity contribution in [1.29, 1.82) is 0 Å². The van der Waals surface area contributed by atoms with Crippen LogP contribution in [0.4, 0.5) is 0 Å². The Kier molecular flexibility index (Phi) is 6.13. The van der Waals surface area contributed by atoms with E-state index in [9.17, 15) is 13.2 Å². The van der Waals surface area contributed by atoms with Gasteiger partial charge in [-0.25, -0.2) is 22.7 Å². The number of aromatic nitrogens is 2. The van der Waals surface area contributed by atoms with Crippen molar-refractivity contribution in [3.63, 3.8) is 0 Å². The smallest absolute Gasteiger partial charge is 0.316 e. The third-order valence-electron chi connectivity index (χ3n) is 4.83. The molecule has 3 rings (SSSR count). The summed E-state index contributed by atoms with van der Waals surface area (Å²) in [6, 6.07) is 0.314. The molecule has 0 aromatic carbocycles. The maximum atomic E-state index is 12.8. The molecule has 3 heterocycles. The maximum Gasteiger partial charge on any atom is 0.316 e. The summed E-state index contributed by atoms with van der Waals surface area (Å²) in [6.07, 6.45) is 7.22. The Morgan fingerprint density at radius 3 is 2.46 bits per heavy atom. The number of ether oxygens (including phenoxy) is 1. The topological polar surface area (TPSA) is 92.7 Å². The van der Waals surface area contributed by atoms with Crippen molar-refractivity contribution in [2.24, 2.45) is 5.92 Å². The number of carbonyl (C=O) groups is 1. The fourth-order valence-electron chi connectivity index (χ4n) is 3.44. The van der Waals surface area contributed by atoms with E-state index in [0.717, 1.165) is 17.3 Å². The Labute approximate surface area is 162 Å². The zero-order valence-electron chi connectivity index (χ0n) is 14.7. The van der Waals surface area contributed by atoms with Crippen molar-refractivity contribution in [2.45, 2.75) is 31.8 Å². The van der Waals surface area contributed by atoms with E-state index in [1.54, 1.807) is 12.4 Å². The van der Waals surface area contributed by atoms with Gasteiger partial charge in [0.1, 0.15) is 6.10 Å². The van der Waals surface area contributed by atoms with Gasteiger partial charge in [0, 0.05) is 37.9 Å². The summed E-state index contributed by atoms with van der Waals surface area (Å²) in [7, 11) is -3.18. The standard InChI is InChI=1S/C16H23BrN4O4S/c1-26(23,24)21-7-4-12(5-8-21)15(22)20-6-2-3-14(11-20)25-16-18-9-13(17)10-19-16/h9-10,12,14H,2-8,11H2,1H3. The van der Waals surface area contributed by atoms with E-state index in [4.69, 9.17) is 4.74 Å². The van der Waals surface area contributed by atoms with Crippen molar-refractivity contribution in [3.05, 3.63) is 16.9 Å². The summed E-state index contributed by atoms with van der Waals surface area (Å²) in [5.41, 5.74) is 0. The van der Waals surface area contributed by atoms with E-state index in [1.165, 1.54) is 10.6 Å². The lowest BCUT2D eigenvalue weighted by Gasteiger charge is -2.37. The highest BCUT2D eigenvalue weighted by molar-refractivity contribution is 9.10. The van der Waals surface area contributed by atoms with E-state index in [1.807, 2.05) is 4.90 Å². The van der Waals surface area contributed by atoms with Gasteiger partial charge in [0.15, 0.2) is 0 Å². The fourth-order valence-corrected chi connectivity index (χ4v) is 4.52. The number of piperidine rings is 2. The summed E-state index contributed by atoms with van der Waals surface area (Å²) >= 11 is 3.29. The van der Waals surface area contributed by atoms with Crippen molar-refractivity contribution >= 4 is 31.9 Å². The zero-order valence-corrected chi connectivity index (χ0v) is 17.1. The highest BCUT2D eigenvalue weighted by Crippen LogP contribution is 2.24. The molecule has 0 spiro atoms. The number of rotatable bonds is 4. The minimum atomic E-state index is -3.18. The molecule has 2 saturated heterocycles. The predicted molar refractivity (Wildman–Crippen MR) is 99.1 cm³/mol. The second-order valence-electron chi connectivity index (χ2n) is 6.79. The highest BCUT2D eigenvalue weighted by Gasteiger charge is 2.33. The second-order valence-corrected chi connectivity index (χ2v) is 9.68. The number of amides is 1. The van der Waals surface area contributed by atoms with Gasteiger partial charge in [-0.15, -0.1) is 0 Å². The number of hydrogen-bond donors (Lipinski definition) is 0. The first kappa shape index (κ1) is 19.5. The first-order chi connectivity index (χ1) is 12.3. The molecule has 0 radical (unpaired) electrons. The Morgan fingerprint density at radius 1 is 1.19 bits per heavy atom. The van der Waals surface area contributed by atoms with Crippen LogP contribution in [0.15, 0.2) is 16.9 Å². The summed E-state index contributed by atoms with van der Waals surface area (Å²) < 4.78 is 31.2.